The van der Waals surface area contributed by atoms with Crippen molar-refractivity contribution in [2.24, 2.45) is 11.8 Å². The maximum absolute atomic E-state index is 11.1. The fourth-order valence-electron chi connectivity index (χ4n) is 2.20. The Kier molecular flexibility index (Phi) is 11.0. The Bertz CT molecular complexity index is 304. The summed E-state index contributed by atoms with van der Waals surface area (Å²) >= 11 is 0. The van der Waals surface area contributed by atoms with Crippen LogP contribution < -0.4 is 0 Å². The second-order valence-electron chi connectivity index (χ2n) is 5.31. The van der Waals surface area contributed by atoms with E-state index in [0.717, 1.165) is 25.9 Å². The summed E-state index contributed by atoms with van der Waals surface area (Å²) in [5.74, 6) is 0.639. The minimum Gasteiger partial charge on any atom is -0.381 e. The summed E-state index contributed by atoms with van der Waals surface area (Å²) in [5, 5.41) is 0. The summed E-state index contributed by atoms with van der Waals surface area (Å²) < 4.78 is 28.0. The number of hydrogen-bond donors (Lipinski definition) is 0. The molecule has 0 amide bonds. The van der Waals surface area contributed by atoms with Gasteiger partial charge < -0.3 is 4.74 Å². The highest BCUT2D eigenvalue weighted by Crippen LogP contribution is 2.16. The maximum Gasteiger partial charge on any atom is 0.232 e. The van der Waals surface area contributed by atoms with Gasteiger partial charge in [0.05, 0.1) is 12.4 Å². The van der Waals surface area contributed by atoms with Crippen molar-refractivity contribution in [1.82, 2.24) is 0 Å². The average molecular weight is 313 g/mol. The van der Waals surface area contributed by atoms with Crippen LogP contribution in [0.4, 0.5) is 0 Å². The molecule has 0 saturated carbocycles. The lowest BCUT2D eigenvalue weighted by molar-refractivity contribution is 0.0696. The van der Waals surface area contributed by atoms with E-state index in [1.807, 2.05) is 6.92 Å². The quantitative estimate of drug-likeness (QED) is 0.507. The smallest absolute Gasteiger partial charge is 0.232 e. The van der Waals surface area contributed by atoms with E-state index in [4.69, 9.17) is 15.4 Å². The van der Waals surface area contributed by atoms with Crippen molar-refractivity contribution in [2.45, 2.75) is 59.3 Å². The fourth-order valence-corrected chi connectivity index (χ4v) is 3.56. The van der Waals surface area contributed by atoms with Crippen LogP contribution in [0, 0.1) is 11.8 Å². The highest BCUT2D eigenvalue weighted by molar-refractivity contribution is 8.13. The summed E-state index contributed by atoms with van der Waals surface area (Å²) in [4.78, 5) is 0. The molecule has 0 aliphatic heterocycles. The molecule has 0 aliphatic rings. The predicted molar refractivity (Wildman–Crippen MR) is 82.2 cm³/mol. The molecule has 116 valence electrons. The predicted octanol–water partition coefficient (Wildman–Crippen LogP) is 4.20. The largest absolute Gasteiger partial charge is 0.381 e. The van der Waals surface area contributed by atoms with Gasteiger partial charge in [-0.3, -0.25) is 0 Å². The van der Waals surface area contributed by atoms with E-state index in [2.05, 4.69) is 13.8 Å². The third-order valence-electron chi connectivity index (χ3n) is 3.38. The number of ether oxygens (including phenoxy) is 1. The summed E-state index contributed by atoms with van der Waals surface area (Å²) in [6, 6.07) is 0. The van der Waals surface area contributed by atoms with Crippen molar-refractivity contribution in [3.63, 3.8) is 0 Å². The van der Waals surface area contributed by atoms with Crippen LogP contribution in [0.5, 0.6) is 0 Å². The SMILES string of the molecule is CCCCC(CC)COCC(CCC)CS(=O)(=O)Cl. The van der Waals surface area contributed by atoms with Crippen LogP contribution in [0.1, 0.15) is 59.3 Å². The molecule has 5 heteroatoms. The zero-order valence-electron chi connectivity index (χ0n) is 12.5. The molecular formula is C14H29ClO3S. The van der Waals surface area contributed by atoms with Gasteiger partial charge in [-0.1, -0.05) is 46.5 Å². The molecule has 2 unspecified atom stereocenters. The van der Waals surface area contributed by atoms with Crippen LogP contribution >= 0.6 is 10.7 Å². The third kappa shape index (κ3) is 11.7. The fraction of sp³-hybridized carbons (Fsp3) is 1.00. The van der Waals surface area contributed by atoms with Crippen molar-refractivity contribution in [2.75, 3.05) is 19.0 Å². The monoisotopic (exact) mass is 312 g/mol. The molecule has 0 fully saturated rings. The summed E-state index contributed by atoms with van der Waals surface area (Å²) in [7, 11) is 1.89. The van der Waals surface area contributed by atoms with Crippen LogP contribution in [0.25, 0.3) is 0 Å². The van der Waals surface area contributed by atoms with E-state index in [1.54, 1.807) is 0 Å². The van der Waals surface area contributed by atoms with Crippen molar-refractivity contribution < 1.29 is 13.2 Å². The van der Waals surface area contributed by atoms with Gasteiger partial charge in [0, 0.05) is 17.3 Å². The van der Waals surface area contributed by atoms with Gasteiger partial charge in [-0.15, -0.1) is 0 Å². The van der Waals surface area contributed by atoms with Gasteiger partial charge in [0.15, 0.2) is 0 Å². The van der Waals surface area contributed by atoms with Crippen LogP contribution in [0.2, 0.25) is 0 Å². The Morgan fingerprint density at radius 1 is 1.00 bits per heavy atom. The maximum atomic E-state index is 11.1. The lowest BCUT2D eigenvalue weighted by Gasteiger charge is -2.18. The summed E-state index contributed by atoms with van der Waals surface area (Å²) in [5.41, 5.74) is 0. The number of unbranched alkanes of at least 4 members (excludes halogenated alkanes) is 1. The van der Waals surface area contributed by atoms with Crippen LogP contribution in [0.3, 0.4) is 0 Å². The second kappa shape index (κ2) is 10.9. The molecule has 3 nitrogen and oxygen atoms in total. The number of rotatable bonds is 12. The molecule has 0 aromatic rings. The molecule has 0 heterocycles. The molecule has 2 atom stereocenters. The Labute approximate surface area is 123 Å². The average Bonchev–Trinajstić information content (AvgIpc) is 2.31. The van der Waals surface area contributed by atoms with Gasteiger partial charge in [-0.2, -0.15) is 0 Å². The highest BCUT2D eigenvalue weighted by Gasteiger charge is 2.17. The van der Waals surface area contributed by atoms with Crippen LogP contribution in [-0.2, 0) is 13.8 Å². The molecule has 0 aromatic heterocycles. The van der Waals surface area contributed by atoms with Gasteiger partial charge in [0.25, 0.3) is 0 Å². The summed E-state index contributed by atoms with van der Waals surface area (Å²) in [6.07, 6.45) is 6.55. The van der Waals surface area contributed by atoms with Crippen LogP contribution in [-0.4, -0.2) is 27.4 Å². The van der Waals surface area contributed by atoms with Gasteiger partial charge in [0.2, 0.25) is 9.05 Å². The Hall–Kier alpha value is 0.200. The Morgan fingerprint density at radius 2 is 1.63 bits per heavy atom. The number of hydrogen-bond acceptors (Lipinski definition) is 3. The first-order valence-corrected chi connectivity index (χ1v) is 9.90. The summed E-state index contributed by atoms with van der Waals surface area (Å²) in [6.45, 7) is 7.65. The molecule has 19 heavy (non-hydrogen) atoms. The molecule has 0 rings (SSSR count). The van der Waals surface area contributed by atoms with Crippen LogP contribution in [0.15, 0.2) is 0 Å². The van der Waals surface area contributed by atoms with Crippen molar-refractivity contribution in [3.8, 4) is 0 Å². The lowest BCUT2D eigenvalue weighted by atomic mass is 10.0. The third-order valence-corrected chi connectivity index (χ3v) is 4.63. The molecule has 0 N–H and O–H groups in total. The topological polar surface area (TPSA) is 43.4 Å². The molecule has 0 saturated heterocycles. The van der Waals surface area contributed by atoms with Crippen molar-refractivity contribution in [3.05, 3.63) is 0 Å². The second-order valence-corrected chi connectivity index (χ2v) is 8.14. The lowest BCUT2D eigenvalue weighted by Crippen LogP contribution is -2.20. The van der Waals surface area contributed by atoms with Crippen molar-refractivity contribution >= 4 is 19.7 Å². The first-order chi connectivity index (χ1) is 8.92. The van der Waals surface area contributed by atoms with E-state index in [-0.39, 0.29) is 11.7 Å². The molecular weight excluding hydrogens is 284 g/mol. The van der Waals surface area contributed by atoms with Gasteiger partial charge in [0.1, 0.15) is 0 Å². The van der Waals surface area contributed by atoms with E-state index >= 15 is 0 Å². The minimum atomic E-state index is -3.42. The molecule has 0 bridgehead atoms. The molecule has 0 aliphatic carbocycles. The Morgan fingerprint density at radius 3 is 2.11 bits per heavy atom. The number of halogens is 1. The Balaban J connectivity index is 4.02. The zero-order chi connectivity index (χ0) is 14.7. The first kappa shape index (κ1) is 19.2. The van der Waals surface area contributed by atoms with E-state index in [9.17, 15) is 8.42 Å². The zero-order valence-corrected chi connectivity index (χ0v) is 14.1. The minimum absolute atomic E-state index is 0.0220. The van der Waals surface area contributed by atoms with E-state index in [0.29, 0.717) is 12.5 Å². The first-order valence-electron chi connectivity index (χ1n) is 7.42. The van der Waals surface area contributed by atoms with E-state index in [1.165, 1.54) is 19.3 Å². The molecule has 0 radical (unpaired) electrons. The molecule has 0 spiro atoms. The van der Waals surface area contributed by atoms with Gasteiger partial charge >= 0.3 is 0 Å². The van der Waals surface area contributed by atoms with Gasteiger partial charge in [-0.25, -0.2) is 8.42 Å². The van der Waals surface area contributed by atoms with Gasteiger partial charge in [-0.05, 0) is 24.7 Å². The highest BCUT2D eigenvalue weighted by atomic mass is 35.7. The normalized spacial score (nSPS) is 15.4. The standard InChI is InChI=1S/C14H29ClO3S/c1-4-7-9-13(6-3)10-18-11-14(8-5-2)12-19(15,16)17/h13-14H,4-12H2,1-3H3. The van der Waals surface area contributed by atoms with Crippen molar-refractivity contribution in [1.29, 1.82) is 0 Å². The molecule has 0 aromatic carbocycles. The van der Waals surface area contributed by atoms with E-state index < -0.39 is 9.05 Å².